The van der Waals surface area contributed by atoms with Crippen molar-refractivity contribution < 1.29 is 45.2 Å². The molecule has 4 rings (SSSR count). The molecule has 0 nitrogen and oxygen atoms in total. The number of halogens is 2. The van der Waals surface area contributed by atoms with E-state index in [2.05, 4.69) is 90.6 Å². The van der Waals surface area contributed by atoms with Crippen LogP contribution >= 0.6 is 0 Å². The van der Waals surface area contributed by atoms with Crippen molar-refractivity contribution in [3.05, 3.63) is 85.6 Å². The molecule has 0 heterocycles. The largest absolute Gasteiger partial charge is 1.00 e. The van der Waals surface area contributed by atoms with Gasteiger partial charge in [0.2, 0.25) is 0 Å². The average molecular weight is 416 g/mol. The molecule has 2 aliphatic rings. The third-order valence-electron chi connectivity index (χ3n) is 5.37. The number of benzene rings is 2. The third-order valence-corrected chi connectivity index (χ3v) is 6.18. The Hall–Kier alpha value is -1.05. The van der Waals surface area contributed by atoms with Gasteiger partial charge in [0.25, 0.3) is 0 Å². The molecule has 0 aliphatic heterocycles. The maximum absolute atomic E-state index is 2.30. The van der Waals surface area contributed by atoms with E-state index in [1.54, 1.807) is 0 Å². The minimum atomic E-state index is 0. The Morgan fingerprint density at radius 3 is 2.12 bits per heavy atom. The van der Waals surface area contributed by atoms with Gasteiger partial charge in [0.1, 0.15) is 0 Å². The van der Waals surface area contributed by atoms with Gasteiger partial charge in [-0.2, -0.15) is 0 Å². The minimum Gasteiger partial charge on any atom is -1.00 e. The summed E-state index contributed by atoms with van der Waals surface area (Å²) in [5.41, 5.74) is 8.65. The van der Waals surface area contributed by atoms with Crippen LogP contribution in [0.2, 0.25) is 0 Å². The molecule has 0 saturated carbocycles. The van der Waals surface area contributed by atoms with E-state index in [1.165, 1.54) is 58.2 Å². The topological polar surface area (TPSA) is 0 Å². The van der Waals surface area contributed by atoms with Gasteiger partial charge in [-0.3, -0.25) is 0 Å². The normalized spacial score (nSPS) is 13.6. The molecule has 26 heavy (non-hydrogen) atoms. The van der Waals surface area contributed by atoms with E-state index >= 15 is 0 Å². The summed E-state index contributed by atoms with van der Waals surface area (Å²) in [6, 6.07) is 8.88. The fourth-order valence-electron chi connectivity index (χ4n) is 4.17. The molecule has 0 atom stereocenters. The molecule has 3 heteroatoms. The second-order valence-corrected chi connectivity index (χ2v) is 7.78. The zero-order valence-electron chi connectivity index (χ0n) is 15.5. The average Bonchev–Trinajstić information content (AvgIpc) is 3.18. The summed E-state index contributed by atoms with van der Waals surface area (Å²) in [6.45, 7) is 9.11. The van der Waals surface area contributed by atoms with Gasteiger partial charge in [0.05, 0.1) is 0 Å². The quantitative estimate of drug-likeness (QED) is 0.479. The summed E-state index contributed by atoms with van der Waals surface area (Å²) in [7, 11) is 0. The van der Waals surface area contributed by atoms with E-state index in [4.69, 9.17) is 0 Å². The van der Waals surface area contributed by atoms with Gasteiger partial charge in [-0.05, 0) is 0 Å². The van der Waals surface area contributed by atoms with Crippen LogP contribution in [0.5, 0.6) is 0 Å². The zero-order valence-corrected chi connectivity index (χ0v) is 18.6. The molecule has 0 amide bonds. The van der Waals surface area contributed by atoms with Crippen molar-refractivity contribution in [3.63, 3.8) is 0 Å². The molecule has 2 aliphatic carbocycles. The molecule has 2 aromatic carbocycles. The summed E-state index contributed by atoms with van der Waals surface area (Å²) in [5, 5.41) is 5.70. The molecule has 0 spiro atoms. The second-order valence-electron chi connectivity index (χ2n) is 6.99. The summed E-state index contributed by atoms with van der Waals surface area (Å²) >= 11 is 2.28. The Kier molecular flexibility index (Phi) is 6.46. The number of rotatable bonds is 1. The summed E-state index contributed by atoms with van der Waals surface area (Å²) in [6.07, 6.45) is 7.79. The molecule has 0 aromatic heterocycles. The molecule has 0 saturated heterocycles. The molecule has 0 N–H and O–H groups in total. The standard InChI is InChI=1S/C23H21.2ClH.Ti/c1-14(2)21-22(17-9-5-6-10-17)16(4)15(3)20-13-18-11-7-8-12-19(18)23(20)21;;;/h5-9,11-12H,10H2,1-4H3;2*1H;/q;;;+2/p-2. The van der Waals surface area contributed by atoms with Crippen molar-refractivity contribution in [2.24, 2.45) is 0 Å². The number of hydrogen-bond acceptors (Lipinski definition) is 0. The Labute approximate surface area is 179 Å². The van der Waals surface area contributed by atoms with E-state index in [0.29, 0.717) is 0 Å². The van der Waals surface area contributed by atoms with E-state index < -0.39 is 0 Å². The molecular weight excluding hydrogens is 395 g/mol. The van der Waals surface area contributed by atoms with Crippen LogP contribution in [0.3, 0.4) is 0 Å². The second kappa shape index (κ2) is 7.91. The predicted octanol–water partition coefficient (Wildman–Crippen LogP) is -1.85. The van der Waals surface area contributed by atoms with Crippen molar-refractivity contribution in [3.8, 4) is 0 Å². The number of fused-ring (bicyclic) bond motifs is 2. The van der Waals surface area contributed by atoms with Crippen LogP contribution in [0.1, 0.15) is 42.5 Å². The van der Waals surface area contributed by atoms with Gasteiger partial charge in [-0.15, -0.1) is 0 Å². The molecular formula is C23H21Cl2Ti. The van der Waals surface area contributed by atoms with Gasteiger partial charge in [0.15, 0.2) is 0 Å². The van der Waals surface area contributed by atoms with Crippen LogP contribution in [0.4, 0.5) is 0 Å². The fourth-order valence-corrected chi connectivity index (χ4v) is 5.00. The van der Waals surface area contributed by atoms with Crippen LogP contribution in [-0.2, 0) is 20.4 Å². The molecule has 2 aromatic rings. The van der Waals surface area contributed by atoms with Crippen molar-refractivity contribution in [1.82, 2.24) is 0 Å². The van der Waals surface area contributed by atoms with Crippen LogP contribution in [0.15, 0.2) is 42.5 Å². The monoisotopic (exact) mass is 415 g/mol. The van der Waals surface area contributed by atoms with Crippen molar-refractivity contribution in [1.29, 1.82) is 0 Å². The first-order chi connectivity index (χ1) is 11.5. The fraction of sp³-hybridized carbons (Fsp3) is 0.217. The maximum Gasteiger partial charge on any atom is -1.00 e. The van der Waals surface area contributed by atoms with Crippen LogP contribution in [0, 0.1) is 24.3 Å². The third kappa shape index (κ3) is 2.98. The van der Waals surface area contributed by atoms with Crippen molar-refractivity contribution in [2.45, 2.75) is 34.1 Å². The molecule has 131 valence electrons. The summed E-state index contributed by atoms with van der Waals surface area (Å²) < 4.78 is 1.42. The zero-order chi connectivity index (χ0) is 17.0. The predicted molar refractivity (Wildman–Crippen MR) is 98.3 cm³/mol. The van der Waals surface area contributed by atoms with Gasteiger partial charge >= 0.3 is 155 Å². The first-order valence-corrected chi connectivity index (χ1v) is 9.33. The van der Waals surface area contributed by atoms with Gasteiger partial charge in [-0.25, -0.2) is 0 Å². The van der Waals surface area contributed by atoms with Crippen molar-refractivity contribution >= 4 is 15.0 Å². The van der Waals surface area contributed by atoms with Crippen molar-refractivity contribution in [2.75, 3.05) is 0 Å². The number of allylic oxidation sites excluding steroid dienone is 4. The minimum absolute atomic E-state index is 0. The van der Waals surface area contributed by atoms with Gasteiger partial charge in [-0.1, -0.05) is 0 Å². The van der Waals surface area contributed by atoms with Crippen LogP contribution in [0.25, 0.3) is 15.0 Å². The molecule has 0 fully saturated rings. The number of hydrogen-bond donors (Lipinski definition) is 0. The maximum atomic E-state index is 2.30. The Bertz CT molecular complexity index is 1160. The summed E-state index contributed by atoms with van der Waals surface area (Å²) in [4.78, 5) is 0. The SMILES string of the molecule is CC(C)=c1c(C2=CC=CC2)c(C)c(C)c2c1=c1ccccc1=[C]2[Ti+2].[Cl-].[Cl-]. The Morgan fingerprint density at radius 1 is 0.923 bits per heavy atom. The van der Waals surface area contributed by atoms with Crippen LogP contribution in [-0.4, -0.2) is 0 Å². The van der Waals surface area contributed by atoms with E-state index in [9.17, 15) is 0 Å². The molecule has 0 bridgehead atoms. The summed E-state index contributed by atoms with van der Waals surface area (Å²) in [5.74, 6) is 0. The van der Waals surface area contributed by atoms with Gasteiger partial charge < -0.3 is 24.8 Å². The van der Waals surface area contributed by atoms with E-state index in [1.807, 2.05) is 0 Å². The first kappa shape index (κ1) is 21.3. The van der Waals surface area contributed by atoms with E-state index in [0.717, 1.165) is 6.42 Å². The molecule has 0 unspecified atom stereocenters. The van der Waals surface area contributed by atoms with E-state index in [-0.39, 0.29) is 24.8 Å². The first-order valence-electron chi connectivity index (χ1n) is 8.54. The van der Waals surface area contributed by atoms with Gasteiger partial charge in [0, 0.05) is 0 Å². The Balaban J connectivity index is 0.00000121. The van der Waals surface area contributed by atoms with Crippen LogP contribution < -0.4 is 35.3 Å². The smallest absolute Gasteiger partial charge is 1.00 e. The Morgan fingerprint density at radius 2 is 1.54 bits per heavy atom. The molecule has 0 radical (unpaired) electrons.